The summed E-state index contributed by atoms with van der Waals surface area (Å²) in [5.74, 6) is 1.91. The van der Waals surface area contributed by atoms with Crippen molar-refractivity contribution in [1.82, 2.24) is 19.3 Å². The van der Waals surface area contributed by atoms with Crippen LogP contribution in [0.2, 0.25) is 0 Å². The molecule has 5 nitrogen and oxygen atoms in total. The lowest BCUT2D eigenvalue weighted by molar-refractivity contribution is 0.775. The zero-order chi connectivity index (χ0) is 11.9. The number of nitrogens with two attached hydrogens (primary N) is 1. The zero-order valence-corrected chi connectivity index (χ0v) is 10.1. The number of aryl methyl sites for hydroxylation is 2. The van der Waals surface area contributed by atoms with Gasteiger partial charge in [-0.15, -0.1) is 0 Å². The first-order valence-electron chi connectivity index (χ1n) is 5.32. The number of hydrogen-bond acceptors (Lipinski definition) is 3. The van der Waals surface area contributed by atoms with Crippen molar-refractivity contribution in [3.63, 3.8) is 0 Å². The van der Waals surface area contributed by atoms with Crippen molar-refractivity contribution in [2.45, 2.75) is 19.8 Å². The van der Waals surface area contributed by atoms with Gasteiger partial charge < -0.3 is 10.3 Å². The van der Waals surface area contributed by atoms with Crippen LogP contribution >= 0.6 is 0 Å². The lowest BCUT2D eigenvalue weighted by Crippen LogP contribution is -2.00. The maximum Gasteiger partial charge on any atom is 0.160 e. The summed E-state index contributed by atoms with van der Waals surface area (Å²) in [6.07, 6.45) is 3.68. The third-order valence-electron chi connectivity index (χ3n) is 2.74. The summed E-state index contributed by atoms with van der Waals surface area (Å²) in [4.78, 5) is 4.32. The highest BCUT2D eigenvalue weighted by molar-refractivity contribution is 5.64. The predicted octanol–water partition coefficient (Wildman–Crippen LogP) is 1.53. The molecule has 2 aromatic heterocycles. The van der Waals surface area contributed by atoms with Crippen LogP contribution in [-0.2, 0) is 14.1 Å². The second kappa shape index (κ2) is 3.66. The third kappa shape index (κ3) is 1.48. The minimum Gasteiger partial charge on any atom is -0.384 e. The molecular formula is C11H17N5. The van der Waals surface area contributed by atoms with E-state index in [4.69, 9.17) is 5.73 Å². The minimum atomic E-state index is 0.334. The van der Waals surface area contributed by atoms with Crippen LogP contribution in [-0.4, -0.2) is 19.3 Å². The standard InChI is InChI=1S/C11H17N5/c1-7(2)8-9(14-16(4)10(8)12)11-13-5-6-15(11)3/h5-7H,12H2,1-4H3. The molecule has 0 saturated carbocycles. The largest absolute Gasteiger partial charge is 0.384 e. The van der Waals surface area contributed by atoms with E-state index < -0.39 is 0 Å². The van der Waals surface area contributed by atoms with Gasteiger partial charge in [0, 0.05) is 32.1 Å². The number of nitrogen functional groups attached to an aromatic ring is 1. The quantitative estimate of drug-likeness (QED) is 0.833. The van der Waals surface area contributed by atoms with E-state index >= 15 is 0 Å². The summed E-state index contributed by atoms with van der Waals surface area (Å²) in [6, 6.07) is 0. The van der Waals surface area contributed by atoms with Gasteiger partial charge in [0.15, 0.2) is 5.82 Å². The minimum absolute atomic E-state index is 0.334. The molecule has 2 aromatic rings. The summed E-state index contributed by atoms with van der Waals surface area (Å²) >= 11 is 0. The molecule has 0 radical (unpaired) electrons. The Kier molecular flexibility index (Phi) is 2.46. The summed E-state index contributed by atoms with van der Waals surface area (Å²) in [6.45, 7) is 4.22. The topological polar surface area (TPSA) is 61.7 Å². The van der Waals surface area contributed by atoms with Gasteiger partial charge >= 0.3 is 0 Å². The van der Waals surface area contributed by atoms with Crippen LogP contribution in [0.4, 0.5) is 5.82 Å². The molecule has 0 fully saturated rings. The van der Waals surface area contributed by atoms with Crippen LogP contribution in [0.3, 0.4) is 0 Å². The van der Waals surface area contributed by atoms with Gasteiger partial charge in [-0.3, -0.25) is 4.68 Å². The van der Waals surface area contributed by atoms with E-state index in [0.29, 0.717) is 11.7 Å². The van der Waals surface area contributed by atoms with E-state index in [0.717, 1.165) is 17.1 Å². The maximum atomic E-state index is 6.02. The normalized spacial score (nSPS) is 11.3. The molecule has 0 aromatic carbocycles. The lowest BCUT2D eigenvalue weighted by atomic mass is 10.0. The van der Waals surface area contributed by atoms with E-state index in [2.05, 4.69) is 23.9 Å². The predicted molar refractivity (Wildman–Crippen MR) is 63.9 cm³/mol. The molecule has 16 heavy (non-hydrogen) atoms. The fourth-order valence-corrected chi connectivity index (χ4v) is 1.88. The van der Waals surface area contributed by atoms with Crippen LogP contribution in [0, 0.1) is 0 Å². The van der Waals surface area contributed by atoms with Crippen molar-refractivity contribution in [3.8, 4) is 11.5 Å². The van der Waals surface area contributed by atoms with Crippen LogP contribution in [0.15, 0.2) is 12.4 Å². The molecule has 5 heteroatoms. The average molecular weight is 219 g/mol. The first kappa shape index (κ1) is 10.7. The van der Waals surface area contributed by atoms with Crippen LogP contribution in [0.1, 0.15) is 25.3 Å². The summed E-state index contributed by atoms with van der Waals surface area (Å²) < 4.78 is 3.66. The van der Waals surface area contributed by atoms with Gasteiger partial charge in [0.25, 0.3) is 0 Å². The zero-order valence-electron chi connectivity index (χ0n) is 10.1. The Balaban J connectivity index is 2.66. The number of nitrogens with zero attached hydrogens (tertiary/aromatic N) is 4. The molecule has 0 aliphatic rings. The number of imidazole rings is 1. The van der Waals surface area contributed by atoms with E-state index in [9.17, 15) is 0 Å². The second-order valence-corrected chi connectivity index (χ2v) is 4.29. The molecule has 86 valence electrons. The maximum absolute atomic E-state index is 6.02. The van der Waals surface area contributed by atoms with E-state index in [1.807, 2.05) is 24.9 Å². The average Bonchev–Trinajstić information content (AvgIpc) is 2.72. The van der Waals surface area contributed by atoms with Gasteiger partial charge in [0.1, 0.15) is 11.5 Å². The Labute approximate surface area is 94.9 Å². The van der Waals surface area contributed by atoms with Gasteiger partial charge in [-0.1, -0.05) is 13.8 Å². The fourth-order valence-electron chi connectivity index (χ4n) is 1.88. The van der Waals surface area contributed by atoms with Crippen LogP contribution in [0.25, 0.3) is 11.5 Å². The Hall–Kier alpha value is -1.78. The van der Waals surface area contributed by atoms with E-state index in [1.165, 1.54) is 0 Å². The first-order valence-corrected chi connectivity index (χ1v) is 5.32. The molecule has 0 unspecified atom stereocenters. The monoisotopic (exact) mass is 219 g/mol. The van der Waals surface area contributed by atoms with E-state index in [1.54, 1.807) is 10.9 Å². The van der Waals surface area contributed by atoms with Crippen LogP contribution in [0.5, 0.6) is 0 Å². The molecule has 0 spiro atoms. The van der Waals surface area contributed by atoms with Gasteiger partial charge in [-0.05, 0) is 5.92 Å². The molecule has 0 aliphatic carbocycles. The van der Waals surface area contributed by atoms with Crippen molar-refractivity contribution < 1.29 is 0 Å². The number of aromatic nitrogens is 4. The number of hydrogen-bond donors (Lipinski definition) is 1. The Morgan fingerprint density at radius 2 is 2.00 bits per heavy atom. The Morgan fingerprint density at radius 3 is 2.50 bits per heavy atom. The van der Waals surface area contributed by atoms with E-state index in [-0.39, 0.29) is 0 Å². The molecule has 0 amide bonds. The van der Waals surface area contributed by atoms with Crippen LogP contribution < -0.4 is 5.73 Å². The van der Waals surface area contributed by atoms with Gasteiger partial charge in [0.05, 0.1) is 0 Å². The van der Waals surface area contributed by atoms with Crippen molar-refractivity contribution in [2.75, 3.05) is 5.73 Å². The molecular weight excluding hydrogens is 202 g/mol. The fraction of sp³-hybridized carbons (Fsp3) is 0.455. The lowest BCUT2D eigenvalue weighted by Gasteiger charge is -2.06. The molecule has 2 heterocycles. The highest BCUT2D eigenvalue weighted by Crippen LogP contribution is 2.31. The third-order valence-corrected chi connectivity index (χ3v) is 2.74. The van der Waals surface area contributed by atoms with Crippen molar-refractivity contribution in [2.24, 2.45) is 14.1 Å². The first-order chi connectivity index (χ1) is 7.52. The number of anilines is 1. The van der Waals surface area contributed by atoms with Gasteiger partial charge in [0.2, 0.25) is 0 Å². The number of rotatable bonds is 2. The van der Waals surface area contributed by atoms with Crippen molar-refractivity contribution >= 4 is 5.82 Å². The van der Waals surface area contributed by atoms with Gasteiger partial charge in [-0.2, -0.15) is 5.10 Å². The molecule has 0 bridgehead atoms. The second-order valence-electron chi connectivity index (χ2n) is 4.29. The SMILES string of the molecule is CC(C)c1c(-c2nccn2C)nn(C)c1N. The Bertz CT molecular complexity index is 506. The Morgan fingerprint density at radius 1 is 1.31 bits per heavy atom. The highest BCUT2D eigenvalue weighted by Gasteiger charge is 2.20. The summed E-state index contributed by atoms with van der Waals surface area (Å²) in [5, 5.41) is 4.44. The summed E-state index contributed by atoms with van der Waals surface area (Å²) in [5.41, 5.74) is 7.97. The van der Waals surface area contributed by atoms with Gasteiger partial charge in [-0.25, -0.2) is 4.98 Å². The molecule has 0 atom stereocenters. The van der Waals surface area contributed by atoms with Crippen molar-refractivity contribution in [1.29, 1.82) is 0 Å². The van der Waals surface area contributed by atoms with Crippen molar-refractivity contribution in [3.05, 3.63) is 18.0 Å². The molecule has 2 rings (SSSR count). The highest BCUT2D eigenvalue weighted by atomic mass is 15.3. The smallest absolute Gasteiger partial charge is 0.160 e. The molecule has 2 N–H and O–H groups in total. The molecule has 0 aliphatic heterocycles. The molecule has 0 saturated heterocycles. The summed E-state index contributed by atoms with van der Waals surface area (Å²) in [7, 11) is 3.81.